The summed E-state index contributed by atoms with van der Waals surface area (Å²) in [5, 5.41) is 11.3. The Morgan fingerprint density at radius 1 is 1.04 bits per heavy atom. The molecule has 2 heterocycles. The minimum absolute atomic E-state index is 0.0169. The number of rotatable bonds is 6. The number of nitrogens with one attached hydrogen (secondary N) is 1. The number of pyridine rings is 1. The second kappa shape index (κ2) is 7.47. The standard InChI is InChI=1S/C20H24N4O/c1-14(2)12-16-7-9-17(10-8-16)13-19(25)21-15(3)20-23-22-18-6-4-5-11-24(18)20/h4-11,14-15H,12-13H2,1-3H3,(H,21,25). The highest BCUT2D eigenvalue weighted by atomic mass is 16.1. The van der Waals surface area contributed by atoms with Gasteiger partial charge in [-0.15, -0.1) is 10.2 Å². The van der Waals surface area contributed by atoms with Crippen molar-refractivity contribution >= 4 is 11.6 Å². The molecule has 130 valence electrons. The van der Waals surface area contributed by atoms with Gasteiger partial charge in [0.2, 0.25) is 5.91 Å². The highest BCUT2D eigenvalue weighted by Gasteiger charge is 2.15. The molecule has 0 bridgehead atoms. The Morgan fingerprint density at radius 3 is 2.48 bits per heavy atom. The van der Waals surface area contributed by atoms with Gasteiger partial charge >= 0.3 is 0 Å². The number of carbonyl (C=O) groups excluding carboxylic acids is 1. The molecule has 0 fully saturated rings. The molecule has 0 aliphatic rings. The van der Waals surface area contributed by atoms with E-state index in [0.717, 1.165) is 23.5 Å². The minimum Gasteiger partial charge on any atom is -0.346 e. The number of fused-ring (bicyclic) bond motifs is 1. The third kappa shape index (κ3) is 4.24. The number of hydrogen-bond acceptors (Lipinski definition) is 3. The fraction of sp³-hybridized carbons (Fsp3) is 0.350. The van der Waals surface area contributed by atoms with Crippen molar-refractivity contribution in [2.75, 3.05) is 0 Å². The van der Waals surface area contributed by atoms with Crippen molar-refractivity contribution in [1.82, 2.24) is 19.9 Å². The van der Waals surface area contributed by atoms with Gasteiger partial charge < -0.3 is 5.32 Å². The van der Waals surface area contributed by atoms with Crippen LogP contribution < -0.4 is 5.32 Å². The summed E-state index contributed by atoms with van der Waals surface area (Å²) in [6.45, 7) is 6.33. The van der Waals surface area contributed by atoms with Crippen LogP contribution in [0.2, 0.25) is 0 Å². The van der Waals surface area contributed by atoms with E-state index in [1.807, 2.05) is 47.9 Å². The van der Waals surface area contributed by atoms with Crippen LogP contribution in [0.5, 0.6) is 0 Å². The monoisotopic (exact) mass is 336 g/mol. The Labute approximate surface area is 148 Å². The Morgan fingerprint density at radius 2 is 1.76 bits per heavy atom. The summed E-state index contributed by atoms with van der Waals surface area (Å²) in [4.78, 5) is 12.3. The molecule has 3 aromatic rings. The summed E-state index contributed by atoms with van der Waals surface area (Å²) in [5.41, 5.74) is 3.10. The highest BCUT2D eigenvalue weighted by Crippen LogP contribution is 2.13. The average molecular weight is 336 g/mol. The molecule has 0 aliphatic heterocycles. The van der Waals surface area contributed by atoms with Gasteiger partial charge in [-0.25, -0.2) is 0 Å². The van der Waals surface area contributed by atoms with Crippen molar-refractivity contribution < 1.29 is 4.79 Å². The topological polar surface area (TPSA) is 59.3 Å². The fourth-order valence-corrected chi connectivity index (χ4v) is 2.96. The number of aromatic nitrogens is 3. The van der Waals surface area contributed by atoms with E-state index < -0.39 is 0 Å². The molecule has 1 N–H and O–H groups in total. The van der Waals surface area contributed by atoms with Crippen LogP contribution in [0, 0.1) is 5.92 Å². The first-order valence-electron chi connectivity index (χ1n) is 8.70. The number of amides is 1. The lowest BCUT2D eigenvalue weighted by atomic mass is 10.0. The normalized spacial score (nSPS) is 12.5. The Hall–Kier alpha value is -2.69. The number of benzene rings is 1. The lowest BCUT2D eigenvalue weighted by Gasteiger charge is -2.13. The number of hydrogen-bond donors (Lipinski definition) is 1. The van der Waals surface area contributed by atoms with Crippen molar-refractivity contribution in [3.05, 3.63) is 65.6 Å². The van der Waals surface area contributed by atoms with Gasteiger partial charge in [0, 0.05) is 6.20 Å². The lowest BCUT2D eigenvalue weighted by molar-refractivity contribution is -0.121. The van der Waals surface area contributed by atoms with Crippen molar-refractivity contribution in [1.29, 1.82) is 0 Å². The maximum Gasteiger partial charge on any atom is 0.224 e. The predicted octanol–water partition coefficient (Wildman–Crippen LogP) is 3.35. The molecule has 0 radical (unpaired) electrons. The zero-order valence-electron chi connectivity index (χ0n) is 14.9. The Bertz CT molecular complexity index is 852. The van der Waals surface area contributed by atoms with Crippen LogP contribution in [0.4, 0.5) is 0 Å². The van der Waals surface area contributed by atoms with Crippen LogP contribution in [0.15, 0.2) is 48.7 Å². The molecule has 0 aliphatic carbocycles. The molecule has 0 saturated carbocycles. The van der Waals surface area contributed by atoms with Gasteiger partial charge in [-0.1, -0.05) is 44.2 Å². The van der Waals surface area contributed by atoms with Gasteiger partial charge in [0.25, 0.3) is 0 Å². The van der Waals surface area contributed by atoms with Gasteiger partial charge in [0.1, 0.15) is 0 Å². The van der Waals surface area contributed by atoms with Crippen molar-refractivity contribution in [3.63, 3.8) is 0 Å². The lowest BCUT2D eigenvalue weighted by Crippen LogP contribution is -2.29. The maximum atomic E-state index is 12.3. The third-order valence-corrected chi connectivity index (χ3v) is 4.14. The molecule has 1 amide bonds. The highest BCUT2D eigenvalue weighted by molar-refractivity contribution is 5.78. The predicted molar refractivity (Wildman–Crippen MR) is 98.2 cm³/mol. The SMILES string of the molecule is CC(C)Cc1ccc(CC(=O)NC(C)c2nnc3ccccn23)cc1. The van der Waals surface area contributed by atoms with E-state index in [0.29, 0.717) is 12.3 Å². The Balaban J connectivity index is 1.62. The van der Waals surface area contributed by atoms with Crippen molar-refractivity contribution in [3.8, 4) is 0 Å². The summed E-state index contributed by atoms with van der Waals surface area (Å²) in [6.07, 6.45) is 3.33. The third-order valence-electron chi connectivity index (χ3n) is 4.14. The smallest absolute Gasteiger partial charge is 0.224 e. The Kier molecular flexibility index (Phi) is 5.12. The van der Waals surface area contributed by atoms with E-state index in [1.165, 1.54) is 5.56 Å². The first-order chi connectivity index (χ1) is 12.0. The molecule has 1 unspecified atom stereocenters. The van der Waals surface area contributed by atoms with Gasteiger partial charge in [-0.3, -0.25) is 9.20 Å². The van der Waals surface area contributed by atoms with Crippen LogP contribution in [-0.4, -0.2) is 20.5 Å². The summed E-state index contributed by atoms with van der Waals surface area (Å²) in [5.74, 6) is 1.35. The first-order valence-corrected chi connectivity index (χ1v) is 8.70. The molecule has 3 rings (SSSR count). The number of carbonyl (C=O) groups is 1. The molecule has 5 heteroatoms. The van der Waals surface area contributed by atoms with E-state index in [2.05, 4.69) is 41.5 Å². The molecule has 5 nitrogen and oxygen atoms in total. The van der Waals surface area contributed by atoms with Crippen molar-refractivity contribution in [2.24, 2.45) is 5.92 Å². The fourth-order valence-electron chi connectivity index (χ4n) is 2.96. The molecule has 1 aromatic carbocycles. The maximum absolute atomic E-state index is 12.3. The largest absolute Gasteiger partial charge is 0.346 e. The van der Waals surface area contributed by atoms with Crippen molar-refractivity contribution in [2.45, 2.75) is 39.7 Å². The molecule has 25 heavy (non-hydrogen) atoms. The summed E-state index contributed by atoms with van der Waals surface area (Å²) in [7, 11) is 0. The second-order valence-electron chi connectivity index (χ2n) is 6.87. The average Bonchev–Trinajstić information content (AvgIpc) is 3.00. The van der Waals surface area contributed by atoms with E-state index in [4.69, 9.17) is 0 Å². The summed E-state index contributed by atoms with van der Waals surface area (Å²) in [6, 6.07) is 13.8. The minimum atomic E-state index is -0.204. The van der Waals surface area contributed by atoms with Crippen LogP contribution in [0.25, 0.3) is 5.65 Å². The first kappa shape index (κ1) is 17.1. The number of nitrogens with zero attached hydrogens (tertiary/aromatic N) is 3. The summed E-state index contributed by atoms with van der Waals surface area (Å²) < 4.78 is 1.89. The van der Waals surface area contributed by atoms with Gasteiger partial charge in [0.15, 0.2) is 11.5 Å². The van der Waals surface area contributed by atoms with E-state index in [1.54, 1.807) is 0 Å². The zero-order valence-corrected chi connectivity index (χ0v) is 14.9. The molecular formula is C20H24N4O. The quantitative estimate of drug-likeness (QED) is 0.751. The molecule has 0 spiro atoms. The molecule has 0 saturated heterocycles. The van der Waals surface area contributed by atoms with Crippen LogP contribution in [0.1, 0.15) is 43.8 Å². The molecular weight excluding hydrogens is 312 g/mol. The molecule has 2 aromatic heterocycles. The van der Waals surface area contributed by atoms with Gasteiger partial charge in [0.05, 0.1) is 12.5 Å². The van der Waals surface area contributed by atoms with Gasteiger partial charge in [-0.05, 0) is 42.5 Å². The van der Waals surface area contributed by atoms with Crippen LogP contribution in [-0.2, 0) is 17.6 Å². The zero-order chi connectivity index (χ0) is 17.8. The van der Waals surface area contributed by atoms with Crippen LogP contribution in [0.3, 0.4) is 0 Å². The van der Waals surface area contributed by atoms with Gasteiger partial charge in [-0.2, -0.15) is 0 Å². The van der Waals surface area contributed by atoms with E-state index in [9.17, 15) is 4.79 Å². The van der Waals surface area contributed by atoms with E-state index >= 15 is 0 Å². The molecule has 1 atom stereocenters. The second-order valence-corrected chi connectivity index (χ2v) is 6.87. The van der Waals surface area contributed by atoms with E-state index in [-0.39, 0.29) is 11.9 Å². The summed E-state index contributed by atoms with van der Waals surface area (Å²) >= 11 is 0. The van der Waals surface area contributed by atoms with Crippen LogP contribution >= 0.6 is 0 Å².